The Bertz CT molecular complexity index is 3080. The zero-order valence-corrected chi connectivity index (χ0v) is 33.4. The van der Waals surface area contributed by atoms with Gasteiger partial charge in [0.05, 0.1) is 28.4 Å². The molecule has 278 valence electrons. The lowest BCUT2D eigenvalue weighted by Gasteiger charge is -2.44. The lowest BCUT2D eigenvalue weighted by Crippen LogP contribution is -2.31. The largest absolute Gasteiger partial charge is 0.308 e. The number of hydrogen-bond donors (Lipinski definition) is 0. The number of anilines is 6. The number of para-hydroxylation sites is 1. The molecule has 2 nitrogen and oxygen atoms in total. The van der Waals surface area contributed by atoms with Gasteiger partial charge < -0.3 is 9.80 Å². The summed E-state index contributed by atoms with van der Waals surface area (Å²) in [5.74, 6) is 0. The quantitative estimate of drug-likeness (QED) is 0.173. The highest BCUT2D eigenvalue weighted by molar-refractivity contribution is 6.10. The Morgan fingerprint density at radius 2 is 1.00 bits per heavy atom. The molecule has 1 heterocycles. The first-order chi connectivity index (χ1) is 28.3. The summed E-state index contributed by atoms with van der Waals surface area (Å²) < 4.78 is 0. The van der Waals surface area contributed by atoms with Crippen molar-refractivity contribution in [3.63, 3.8) is 0 Å². The molecule has 0 unspecified atom stereocenters. The minimum atomic E-state index is -0.242. The zero-order chi connectivity index (χ0) is 39.2. The van der Waals surface area contributed by atoms with Gasteiger partial charge in [0.15, 0.2) is 0 Å². The van der Waals surface area contributed by atoms with Gasteiger partial charge >= 0.3 is 0 Å². The normalized spacial score (nSPS) is 14.4. The van der Waals surface area contributed by atoms with Crippen molar-refractivity contribution in [3.8, 4) is 22.3 Å². The van der Waals surface area contributed by atoms with E-state index in [2.05, 4.69) is 232 Å². The van der Waals surface area contributed by atoms with Crippen LogP contribution in [0.5, 0.6) is 0 Å². The van der Waals surface area contributed by atoms with E-state index in [-0.39, 0.29) is 10.8 Å². The number of rotatable bonds is 5. The van der Waals surface area contributed by atoms with Gasteiger partial charge in [0.2, 0.25) is 0 Å². The van der Waals surface area contributed by atoms with Crippen LogP contribution >= 0.6 is 0 Å². The van der Waals surface area contributed by atoms with Crippen molar-refractivity contribution in [2.24, 2.45) is 0 Å². The van der Waals surface area contributed by atoms with Crippen LogP contribution in [0.3, 0.4) is 0 Å². The van der Waals surface area contributed by atoms with Crippen molar-refractivity contribution >= 4 is 55.7 Å². The second kappa shape index (κ2) is 12.8. The van der Waals surface area contributed by atoms with Gasteiger partial charge in [-0.05, 0) is 97.7 Å². The Morgan fingerprint density at radius 3 is 1.83 bits per heavy atom. The van der Waals surface area contributed by atoms with E-state index in [0.717, 1.165) is 22.7 Å². The smallest absolute Gasteiger partial charge is 0.0781 e. The molecule has 0 N–H and O–H groups in total. The molecule has 9 aromatic rings. The van der Waals surface area contributed by atoms with E-state index in [9.17, 15) is 0 Å². The van der Waals surface area contributed by atoms with Crippen LogP contribution in [-0.4, -0.2) is 0 Å². The van der Waals surface area contributed by atoms with Gasteiger partial charge in [-0.15, -0.1) is 0 Å². The highest BCUT2D eigenvalue weighted by Crippen LogP contribution is 2.58. The summed E-state index contributed by atoms with van der Waals surface area (Å²) in [4.78, 5) is 5.09. The predicted molar refractivity (Wildman–Crippen MR) is 246 cm³/mol. The Balaban J connectivity index is 1.23. The standard InChI is InChI=1S/C56H44N2/c1-55(2)46-25-13-12-24-44(46)45-32-31-41(36-48(45)55)57(50-28-16-21-38-19-8-10-22-42(38)50)53-34-29-39-20-9-11-23-43(39)54(53)58-51-27-15-14-26-47(51)56(3,4)49-35-40(30-33-52(49)58)37-17-6-5-7-18-37/h5-36H,1-4H3. The average Bonchev–Trinajstić information content (AvgIpc) is 3.50. The van der Waals surface area contributed by atoms with E-state index in [0.29, 0.717) is 0 Å². The van der Waals surface area contributed by atoms with Gasteiger partial charge in [-0.3, -0.25) is 0 Å². The Hall–Kier alpha value is -6.90. The van der Waals surface area contributed by atoms with Gasteiger partial charge in [-0.2, -0.15) is 0 Å². The van der Waals surface area contributed by atoms with E-state index in [1.165, 1.54) is 77.4 Å². The Kier molecular flexibility index (Phi) is 7.59. The highest BCUT2D eigenvalue weighted by atomic mass is 15.2. The summed E-state index contributed by atoms with van der Waals surface area (Å²) in [6.07, 6.45) is 0. The van der Waals surface area contributed by atoms with Crippen molar-refractivity contribution in [3.05, 3.63) is 216 Å². The van der Waals surface area contributed by atoms with Crippen LogP contribution in [0.2, 0.25) is 0 Å². The molecule has 11 rings (SSSR count). The molecule has 0 bridgehead atoms. The summed E-state index contributed by atoms with van der Waals surface area (Å²) >= 11 is 0. The molecule has 0 spiro atoms. The number of nitrogens with zero attached hydrogens (tertiary/aromatic N) is 2. The Morgan fingerprint density at radius 1 is 0.379 bits per heavy atom. The van der Waals surface area contributed by atoms with E-state index in [1.807, 2.05) is 0 Å². The van der Waals surface area contributed by atoms with E-state index in [4.69, 9.17) is 0 Å². The first-order valence-corrected chi connectivity index (χ1v) is 20.4. The molecule has 0 amide bonds. The van der Waals surface area contributed by atoms with Crippen LogP contribution in [0.4, 0.5) is 34.1 Å². The minimum Gasteiger partial charge on any atom is -0.308 e. The van der Waals surface area contributed by atoms with Crippen molar-refractivity contribution in [1.82, 2.24) is 0 Å². The summed E-state index contributed by atoms with van der Waals surface area (Å²) in [5, 5.41) is 4.83. The first-order valence-electron chi connectivity index (χ1n) is 20.4. The molecule has 0 atom stereocenters. The van der Waals surface area contributed by atoms with Gasteiger partial charge in [0.1, 0.15) is 0 Å². The fourth-order valence-electron chi connectivity index (χ4n) is 10.1. The average molecular weight is 745 g/mol. The van der Waals surface area contributed by atoms with Crippen LogP contribution in [-0.2, 0) is 10.8 Å². The summed E-state index contributed by atoms with van der Waals surface area (Å²) in [7, 11) is 0. The first kappa shape index (κ1) is 34.4. The third-order valence-corrected chi connectivity index (χ3v) is 13.0. The molecule has 0 radical (unpaired) electrons. The molecule has 0 saturated carbocycles. The number of fused-ring (bicyclic) bond motifs is 7. The molecule has 1 aliphatic heterocycles. The number of benzene rings is 9. The zero-order valence-electron chi connectivity index (χ0n) is 33.4. The summed E-state index contributed by atoms with van der Waals surface area (Å²) in [6.45, 7) is 9.51. The molecular weight excluding hydrogens is 701 g/mol. The minimum absolute atomic E-state index is 0.147. The molecule has 0 fully saturated rings. The third kappa shape index (κ3) is 5.04. The predicted octanol–water partition coefficient (Wildman–Crippen LogP) is 15.5. The van der Waals surface area contributed by atoms with Crippen LogP contribution in [0, 0.1) is 0 Å². The highest BCUT2D eigenvalue weighted by Gasteiger charge is 2.40. The second-order valence-corrected chi connectivity index (χ2v) is 17.0. The lowest BCUT2D eigenvalue weighted by atomic mass is 9.72. The van der Waals surface area contributed by atoms with Crippen molar-refractivity contribution in [1.29, 1.82) is 0 Å². The maximum atomic E-state index is 2.56. The van der Waals surface area contributed by atoms with Crippen molar-refractivity contribution in [2.45, 2.75) is 38.5 Å². The van der Waals surface area contributed by atoms with Gasteiger partial charge in [0, 0.05) is 27.3 Å². The fraction of sp³-hybridized carbons (Fsp3) is 0.107. The van der Waals surface area contributed by atoms with Crippen LogP contribution in [0.25, 0.3) is 43.8 Å². The molecule has 2 heteroatoms. The molecule has 2 aliphatic rings. The number of hydrogen-bond acceptors (Lipinski definition) is 2. The maximum Gasteiger partial charge on any atom is 0.0781 e. The third-order valence-electron chi connectivity index (χ3n) is 13.0. The molecule has 9 aromatic carbocycles. The topological polar surface area (TPSA) is 6.48 Å². The Labute approximate surface area is 341 Å². The molecule has 0 saturated heterocycles. The molecule has 1 aliphatic carbocycles. The van der Waals surface area contributed by atoms with Gasteiger partial charge in [0.25, 0.3) is 0 Å². The SMILES string of the molecule is CC1(C)c2ccccc2-c2ccc(N(c3ccc4ccccc4c3N3c4ccccc4C(C)(C)c4cc(-c5ccccc5)ccc43)c3cccc4ccccc34)cc21. The maximum absolute atomic E-state index is 2.56. The van der Waals surface area contributed by atoms with Crippen LogP contribution in [0.15, 0.2) is 194 Å². The summed E-state index contributed by atoms with van der Waals surface area (Å²) in [5.41, 5.74) is 17.0. The van der Waals surface area contributed by atoms with E-state index < -0.39 is 0 Å². The monoisotopic (exact) mass is 744 g/mol. The molecular formula is C56H44N2. The van der Waals surface area contributed by atoms with Crippen LogP contribution in [0.1, 0.15) is 49.9 Å². The fourth-order valence-corrected chi connectivity index (χ4v) is 10.1. The molecule has 58 heavy (non-hydrogen) atoms. The summed E-state index contributed by atoms with van der Waals surface area (Å²) in [6, 6.07) is 72.1. The molecule has 0 aromatic heterocycles. The second-order valence-electron chi connectivity index (χ2n) is 17.0. The van der Waals surface area contributed by atoms with Crippen molar-refractivity contribution in [2.75, 3.05) is 9.80 Å². The van der Waals surface area contributed by atoms with E-state index >= 15 is 0 Å². The van der Waals surface area contributed by atoms with Crippen LogP contribution < -0.4 is 9.80 Å². The van der Waals surface area contributed by atoms with Gasteiger partial charge in [-0.1, -0.05) is 179 Å². The lowest BCUT2D eigenvalue weighted by molar-refractivity contribution is 0.632. The van der Waals surface area contributed by atoms with Gasteiger partial charge in [-0.25, -0.2) is 0 Å². The van der Waals surface area contributed by atoms with E-state index in [1.54, 1.807) is 0 Å². The van der Waals surface area contributed by atoms with Crippen molar-refractivity contribution < 1.29 is 0 Å².